The predicted molar refractivity (Wildman–Crippen MR) is 103 cm³/mol. The lowest BCUT2D eigenvalue weighted by atomic mass is 10.1. The number of halogens is 4. The maximum absolute atomic E-state index is 12.8. The summed E-state index contributed by atoms with van der Waals surface area (Å²) in [4.78, 5) is 12.4. The molecule has 6 nitrogen and oxygen atoms in total. The van der Waals surface area contributed by atoms with E-state index in [1.807, 2.05) is 12.1 Å². The number of aromatic nitrogens is 4. The maximum atomic E-state index is 12.8. The Labute approximate surface area is 170 Å². The van der Waals surface area contributed by atoms with Crippen molar-refractivity contribution in [1.29, 1.82) is 0 Å². The first-order chi connectivity index (χ1) is 13.6. The van der Waals surface area contributed by atoms with Gasteiger partial charge in [-0.15, -0.1) is 0 Å². The zero-order valence-corrected chi connectivity index (χ0v) is 16.5. The van der Waals surface area contributed by atoms with Gasteiger partial charge in [-0.1, -0.05) is 30.7 Å². The molecule has 3 rings (SSSR count). The van der Waals surface area contributed by atoms with Gasteiger partial charge in [0, 0.05) is 16.9 Å². The van der Waals surface area contributed by atoms with Crippen LogP contribution >= 0.6 is 11.6 Å². The fourth-order valence-electron chi connectivity index (χ4n) is 2.73. The molecule has 0 fully saturated rings. The van der Waals surface area contributed by atoms with Gasteiger partial charge in [0.15, 0.2) is 5.69 Å². The van der Waals surface area contributed by atoms with Crippen LogP contribution in [0.15, 0.2) is 42.7 Å². The average molecular weight is 426 g/mol. The molecule has 1 aromatic carbocycles. The van der Waals surface area contributed by atoms with Crippen LogP contribution in [-0.2, 0) is 24.1 Å². The third-order valence-electron chi connectivity index (χ3n) is 4.32. The molecular formula is C19H19ClF3N5O. The number of aryl methyl sites for hydroxylation is 1. The molecule has 0 aliphatic carbocycles. The summed E-state index contributed by atoms with van der Waals surface area (Å²) in [5, 5.41) is 11.1. The van der Waals surface area contributed by atoms with Crippen molar-refractivity contribution in [1.82, 2.24) is 19.6 Å². The largest absolute Gasteiger partial charge is 0.435 e. The molecule has 154 valence electrons. The molecule has 0 saturated heterocycles. The fraction of sp³-hybridized carbons (Fsp3) is 0.316. The smallest absolute Gasteiger partial charge is 0.323 e. The van der Waals surface area contributed by atoms with E-state index in [-0.39, 0.29) is 12.5 Å². The van der Waals surface area contributed by atoms with Crippen LogP contribution in [0.25, 0.3) is 0 Å². The van der Waals surface area contributed by atoms with Crippen molar-refractivity contribution in [2.75, 3.05) is 5.32 Å². The molecule has 1 N–H and O–H groups in total. The van der Waals surface area contributed by atoms with Crippen molar-refractivity contribution in [2.24, 2.45) is 5.92 Å². The molecule has 1 atom stereocenters. The topological polar surface area (TPSA) is 64.7 Å². The van der Waals surface area contributed by atoms with Gasteiger partial charge in [-0.3, -0.25) is 14.2 Å². The Morgan fingerprint density at radius 2 is 1.97 bits per heavy atom. The number of nitrogens with zero attached hydrogens (tertiary/aromatic N) is 4. The number of amides is 1. The monoisotopic (exact) mass is 425 g/mol. The number of nitrogens with one attached hydrogen (secondary N) is 1. The second-order valence-electron chi connectivity index (χ2n) is 6.79. The third kappa shape index (κ3) is 5.38. The minimum absolute atomic E-state index is 0.0344. The lowest BCUT2D eigenvalue weighted by molar-refractivity contribution is -0.141. The van der Waals surface area contributed by atoms with Crippen LogP contribution in [0.1, 0.15) is 23.9 Å². The predicted octanol–water partition coefficient (Wildman–Crippen LogP) is 4.38. The molecule has 1 amide bonds. The molecule has 1 unspecified atom stereocenters. The van der Waals surface area contributed by atoms with E-state index >= 15 is 0 Å². The number of anilines is 1. The fourth-order valence-corrected chi connectivity index (χ4v) is 2.86. The summed E-state index contributed by atoms with van der Waals surface area (Å²) in [5.41, 5.74) is 0.876. The Morgan fingerprint density at radius 3 is 2.59 bits per heavy atom. The molecule has 0 aliphatic rings. The first-order valence-electron chi connectivity index (χ1n) is 8.81. The third-order valence-corrected chi connectivity index (χ3v) is 4.58. The summed E-state index contributed by atoms with van der Waals surface area (Å²) in [6.45, 7) is 3.69. The average Bonchev–Trinajstić information content (AvgIpc) is 3.23. The Bertz CT molecular complexity index is 994. The van der Waals surface area contributed by atoms with E-state index < -0.39 is 17.8 Å². The standard InChI is InChI=1S/C19H19ClF3N5O/c1-12(9-28-13(2)7-17(26-28)19(21,22)23)18(29)25-16-8-24-27(11-16)10-14-3-5-15(20)6-4-14/h3-8,11-12H,9-10H2,1-2H3,(H,25,29). The highest BCUT2D eigenvalue weighted by Gasteiger charge is 2.34. The highest BCUT2D eigenvalue weighted by molar-refractivity contribution is 6.30. The van der Waals surface area contributed by atoms with Crippen molar-refractivity contribution < 1.29 is 18.0 Å². The van der Waals surface area contributed by atoms with Crippen LogP contribution in [0.5, 0.6) is 0 Å². The molecule has 10 heteroatoms. The summed E-state index contributed by atoms with van der Waals surface area (Å²) in [6.07, 6.45) is -1.32. The molecular weight excluding hydrogens is 407 g/mol. The number of carbonyl (C=O) groups is 1. The second kappa shape index (κ2) is 8.28. The zero-order chi connectivity index (χ0) is 21.2. The van der Waals surface area contributed by atoms with Crippen LogP contribution in [0.2, 0.25) is 5.02 Å². The first-order valence-corrected chi connectivity index (χ1v) is 9.19. The minimum atomic E-state index is -4.51. The molecule has 0 spiro atoms. The molecule has 0 aliphatic heterocycles. The van der Waals surface area contributed by atoms with Gasteiger partial charge in [0.05, 0.1) is 30.9 Å². The summed E-state index contributed by atoms with van der Waals surface area (Å²) in [5.74, 6) is -0.922. The molecule has 2 heterocycles. The molecule has 29 heavy (non-hydrogen) atoms. The molecule has 2 aromatic heterocycles. The number of hydrogen-bond acceptors (Lipinski definition) is 3. The number of alkyl halides is 3. The quantitative estimate of drug-likeness (QED) is 0.637. The van der Waals surface area contributed by atoms with Gasteiger partial charge in [-0.05, 0) is 30.7 Å². The van der Waals surface area contributed by atoms with Crippen molar-refractivity contribution in [3.05, 3.63) is 64.7 Å². The maximum Gasteiger partial charge on any atom is 0.435 e. The highest BCUT2D eigenvalue weighted by atomic mass is 35.5. The van der Waals surface area contributed by atoms with Gasteiger partial charge in [-0.25, -0.2) is 0 Å². The van der Waals surface area contributed by atoms with Crippen LogP contribution in [-0.4, -0.2) is 25.5 Å². The summed E-state index contributed by atoms with van der Waals surface area (Å²) < 4.78 is 41.2. The zero-order valence-electron chi connectivity index (χ0n) is 15.7. The molecule has 0 bridgehead atoms. The SMILES string of the molecule is Cc1cc(C(F)(F)F)nn1CC(C)C(=O)Nc1cnn(Cc2ccc(Cl)cc2)c1. The molecule has 0 saturated carbocycles. The van der Waals surface area contributed by atoms with Crippen LogP contribution < -0.4 is 5.32 Å². The van der Waals surface area contributed by atoms with Gasteiger partial charge in [-0.2, -0.15) is 23.4 Å². The Morgan fingerprint density at radius 1 is 1.28 bits per heavy atom. The van der Waals surface area contributed by atoms with Crippen LogP contribution in [0.3, 0.4) is 0 Å². The van der Waals surface area contributed by atoms with Crippen LogP contribution in [0, 0.1) is 12.8 Å². The second-order valence-corrected chi connectivity index (χ2v) is 7.23. The van der Waals surface area contributed by atoms with E-state index in [0.717, 1.165) is 11.6 Å². The first kappa shape index (κ1) is 20.9. The van der Waals surface area contributed by atoms with Crippen LogP contribution in [0.4, 0.5) is 18.9 Å². The van der Waals surface area contributed by atoms with Gasteiger partial charge in [0.2, 0.25) is 5.91 Å². The normalized spacial score (nSPS) is 12.8. The van der Waals surface area contributed by atoms with E-state index in [2.05, 4.69) is 15.5 Å². The summed E-state index contributed by atoms with van der Waals surface area (Å²) in [7, 11) is 0. The number of hydrogen-bond donors (Lipinski definition) is 1. The van der Waals surface area contributed by atoms with Crippen molar-refractivity contribution in [3.63, 3.8) is 0 Å². The lowest BCUT2D eigenvalue weighted by Crippen LogP contribution is -2.25. The van der Waals surface area contributed by atoms with E-state index in [0.29, 0.717) is 22.9 Å². The molecule has 3 aromatic rings. The number of benzene rings is 1. The van der Waals surface area contributed by atoms with E-state index in [4.69, 9.17) is 11.6 Å². The van der Waals surface area contributed by atoms with Gasteiger partial charge in [0.25, 0.3) is 0 Å². The van der Waals surface area contributed by atoms with E-state index in [9.17, 15) is 18.0 Å². The Kier molecular flexibility index (Phi) is 5.97. The van der Waals surface area contributed by atoms with Gasteiger partial charge >= 0.3 is 6.18 Å². The van der Waals surface area contributed by atoms with E-state index in [1.54, 1.807) is 29.9 Å². The lowest BCUT2D eigenvalue weighted by Gasteiger charge is -2.12. The molecule has 0 radical (unpaired) electrons. The number of carbonyl (C=O) groups excluding carboxylic acids is 1. The Hall–Kier alpha value is -2.81. The van der Waals surface area contributed by atoms with E-state index in [1.165, 1.54) is 17.8 Å². The number of rotatable bonds is 6. The Balaban J connectivity index is 1.59. The summed E-state index contributed by atoms with van der Waals surface area (Å²) in [6, 6.07) is 8.29. The van der Waals surface area contributed by atoms with Crippen molar-refractivity contribution in [3.8, 4) is 0 Å². The van der Waals surface area contributed by atoms with Gasteiger partial charge in [0.1, 0.15) is 0 Å². The van der Waals surface area contributed by atoms with Gasteiger partial charge < -0.3 is 5.32 Å². The van der Waals surface area contributed by atoms with Crippen molar-refractivity contribution >= 4 is 23.2 Å². The van der Waals surface area contributed by atoms with Crippen molar-refractivity contribution in [2.45, 2.75) is 33.1 Å². The minimum Gasteiger partial charge on any atom is -0.323 e. The highest BCUT2D eigenvalue weighted by Crippen LogP contribution is 2.28. The summed E-state index contributed by atoms with van der Waals surface area (Å²) >= 11 is 5.87.